The van der Waals surface area contributed by atoms with Crippen LogP contribution in [0, 0.1) is 0 Å². The van der Waals surface area contributed by atoms with Gasteiger partial charge >= 0.3 is 6.03 Å². The maximum atomic E-state index is 11.9. The minimum Gasteiger partial charge on any atom is -0.411 e. The van der Waals surface area contributed by atoms with Gasteiger partial charge in [0.2, 0.25) is 11.8 Å². The Morgan fingerprint density at radius 2 is 2.04 bits per heavy atom. The molecule has 0 radical (unpaired) electrons. The lowest BCUT2D eigenvalue weighted by Gasteiger charge is -2.22. The molecule has 2 N–H and O–H groups in total. The molecule has 0 spiro atoms. The molecule has 26 heavy (non-hydrogen) atoms. The molecule has 3 amide bonds. The zero-order valence-electron chi connectivity index (χ0n) is 14.0. The zero-order chi connectivity index (χ0) is 18.4. The summed E-state index contributed by atoms with van der Waals surface area (Å²) in [6.07, 6.45) is 5.35. The molecule has 138 valence electrons. The molecule has 7 nitrogen and oxygen atoms in total. The van der Waals surface area contributed by atoms with Gasteiger partial charge in [0.25, 0.3) is 5.22 Å². The van der Waals surface area contributed by atoms with Gasteiger partial charge in [0, 0.05) is 16.6 Å². The van der Waals surface area contributed by atoms with E-state index in [9.17, 15) is 9.59 Å². The van der Waals surface area contributed by atoms with Crippen LogP contribution in [0.5, 0.6) is 0 Å². The molecule has 1 aromatic carbocycles. The summed E-state index contributed by atoms with van der Waals surface area (Å²) in [5.41, 5.74) is 0.702. The van der Waals surface area contributed by atoms with E-state index in [-0.39, 0.29) is 17.0 Å². The summed E-state index contributed by atoms with van der Waals surface area (Å²) in [5.74, 6) is -0.0776. The maximum Gasteiger partial charge on any atom is 0.321 e. The number of rotatable bonds is 5. The van der Waals surface area contributed by atoms with Gasteiger partial charge in [-0.2, -0.15) is 0 Å². The molecular formula is C17H19ClN4O3S. The Labute approximate surface area is 160 Å². The summed E-state index contributed by atoms with van der Waals surface area (Å²) in [4.78, 5) is 23.7. The lowest BCUT2D eigenvalue weighted by molar-refractivity contribution is -0.117. The lowest BCUT2D eigenvalue weighted by atomic mass is 9.96. The van der Waals surface area contributed by atoms with Gasteiger partial charge in [-0.3, -0.25) is 10.1 Å². The van der Waals surface area contributed by atoms with Crippen molar-refractivity contribution in [2.24, 2.45) is 0 Å². The van der Waals surface area contributed by atoms with Crippen LogP contribution in [-0.2, 0) is 4.79 Å². The van der Waals surface area contributed by atoms with Crippen LogP contribution in [0.15, 0.2) is 33.9 Å². The first-order chi connectivity index (χ1) is 12.6. The fraction of sp³-hybridized carbons (Fsp3) is 0.412. The van der Waals surface area contributed by atoms with E-state index in [1.807, 2.05) is 0 Å². The summed E-state index contributed by atoms with van der Waals surface area (Å²) in [7, 11) is 0. The summed E-state index contributed by atoms with van der Waals surface area (Å²) < 4.78 is 5.50. The second-order valence-electron chi connectivity index (χ2n) is 6.03. The SMILES string of the molecule is O=C(CSc1nnc(-c2cccc(Cl)c2)o1)NC(=O)NC1CCCCC1. The molecule has 2 aromatic rings. The molecule has 0 aliphatic heterocycles. The number of thioether (sulfide) groups is 1. The smallest absolute Gasteiger partial charge is 0.321 e. The average Bonchev–Trinajstić information content (AvgIpc) is 3.10. The zero-order valence-corrected chi connectivity index (χ0v) is 15.6. The number of halogens is 1. The van der Waals surface area contributed by atoms with Crippen LogP contribution in [0.3, 0.4) is 0 Å². The average molecular weight is 395 g/mol. The minimum absolute atomic E-state index is 0.00919. The van der Waals surface area contributed by atoms with Crippen LogP contribution in [0.1, 0.15) is 32.1 Å². The fourth-order valence-electron chi connectivity index (χ4n) is 2.76. The van der Waals surface area contributed by atoms with E-state index in [4.69, 9.17) is 16.0 Å². The number of benzene rings is 1. The second kappa shape index (κ2) is 9.05. The van der Waals surface area contributed by atoms with E-state index in [0.29, 0.717) is 16.5 Å². The van der Waals surface area contributed by atoms with Crippen LogP contribution in [0.4, 0.5) is 4.79 Å². The Morgan fingerprint density at radius 1 is 1.23 bits per heavy atom. The van der Waals surface area contributed by atoms with Crippen molar-refractivity contribution in [1.29, 1.82) is 0 Å². The maximum absolute atomic E-state index is 11.9. The topological polar surface area (TPSA) is 97.1 Å². The van der Waals surface area contributed by atoms with Gasteiger partial charge < -0.3 is 9.73 Å². The molecule has 0 unspecified atom stereocenters. The van der Waals surface area contributed by atoms with Crippen molar-refractivity contribution in [3.05, 3.63) is 29.3 Å². The minimum atomic E-state index is -0.451. The van der Waals surface area contributed by atoms with Crippen LogP contribution in [0.2, 0.25) is 5.02 Å². The van der Waals surface area contributed by atoms with Gasteiger partial charge in [0.15, 0.2) is 0 Å². The third kappa shape index (κ3) is 5.47. The van der Waals surface area contributed by atoms with Crippen molar-refractivity contribution in [3.8, 4) is 11.5 Å². The predicted octanol–water partition coefficient (Wildman–Crippen LogP) is 3.64. The first kappa shape index (κ1) is 18.7. The Bertz CT molecular complexity index is 777. The summed E-state index contributed by atoms with van der Waals surface area (Å²) >= 11 is 7.01. The van der Waals surface area contributed by atoms with Gasteiger partial charge in [-0.1, -0.05) is 48.7 Å². The van der Waals surface area contributed by atoms with Gasteiger partial charge in [0.05, 0.1) is 5.75 Å². The molecule has 9 heteroatoms. The van der Waals surface area contributed by atoms with Gasteiger partial charge in [-0.05, 0) is 31.0 Å². The normalized spacial score (nSPS) is 14.8. The number of nitrogens with zero attached hydrogens (tertiary/aromatic N) is 2. The highest BCUT2D eigenvalue weighted by Gasteiger charge is 2.17. The quantitative estimate of drug-likeness (QED) is 0.751. The Kier molecular flexibility index (Phi) is 6.51. The molecule has 1 aromatic heterocycles. The highest BCUT2D eigenvalue weighted by Crippen LogP contribution is 2.25. The first-order valence-electron chi connectivity index (χ1n) is 8.43. The number of nitrogens with one attached hydrogen (secondary N) is 2. The Morgan fingerprint density at radius 3 is 2.81 bits per heavy atom. The molecule has 0 atom stereocenters. The molecule has 1 aliphatic carbocycles. The summed E-state index contributed by atoms with van der Waals surface area (Å²) in [5, 5.41) is 13.8. The van der Waals surface area contributed by atoms with E-state index in [1.54, 1.807) is 24.3 Å². The van der Waals surface area contributed by atoms with Crippen LogP contribution in [0.25, 0.3) is 11.5 Å². The van der Waals surface area contributed by atoms with Gasteiger partial charge in [0.1, 0.15) is 0 Å². The summed E-state index contributed by atoms with van der Waals surface area (Å²) in [6, 6.07) is 6.75. The monoisotopic (exact) mass is 394 g/mol. The molecule has 3 rings (SSSR count). The van der Waals surface area contributed by atoms with Gasteiger partial charge in [-0.15, -0.1) is 10.2 Å². The van der Waals surface area contributed by atoms with E-state index < -0.39 is 11.9 Å². The first-order valence-corrected chi connectivity index (χ1v) is 9.79. The van der Waals surface area contributed by atoms with Crippen molar-refractivity contribution >= 4 is 35.3 Å². The van der Waals surface area contributed by atoms with Crippen molar-refractivity contribution < 1.29 is 14.0 Å². The molecule has 1 heterocycles. The lowest BCUT2D eigenvalue weighted by Crippen LogP contribution is -2.45. The van der Waals surface area contributed by atoms with Crippen molar-refractivity contribution in [2.45, 2.75) is 43.4 Å². The van der Waals surface area contributed by atoms with E-state index in [1.165, 1.54) is 6.42 Å². The number of hydrogen-bond acceptors (Lipinski definition) is 6. The summed E-state index contributed by atoms with van der Waals surface area (Å²) in [6.45, 7) is 0. The molecule has 1 fully saturated rings. The van der Waals surface area contributed by atoms with Crippen molar-refractivity contribution in [3.63, 3.8) is 0 Å². The van der Waals surface area contributed by atoms with Crippen LogP contribution < -0.4 is 10.6 Å². The molecular weight excluding hydrogens is 376 g/mol. The third-order valence-corrected chi connectivity index (χ3v) is 5.05. The highest BCUT2D eigenvalue weighted by atomic mass is 35.5. The second-order valence-corrected chi connectivity index (χ2v) is 7.39. The number of hydrogen-bond donors (Lipinski definition) is 2. The number of aromatic nitrogens is 2. The van der Waals surface area contributed by atoms with E-state index in [2.05, 4.69) is 20.8 Å². The number of carbonyl (C=O) groups is 2. The number of carbonyl (C=O) groups excluding carboxylic acids is 2. The molecule has 1 aliphatic rings. The largest absolute Gasteiger partial charge is 0.411 e. The van der Waals surface area contributed by atoms with Crippen molar-refractivity contribution in [2.75, 3.05) is 5.75 Å². The predicted molar refractivity (Wildman–Crippen MR) is 99.0 cm³/mol. The fourth-order valence-corrected chi connectivity index (χ4v) is 3.52. The highest BCUT2D eigenvalue weighted by molar-refractivity contribution is 7.99. The number of amides is 3. The van der Waals surface area contributed by atoms with Crippen molar-refractivity contribution in [1.82, 2.24) is 20.8 Å². The molecule has 0 bridgehead atoms. The molecule has 0 saturated heterocycles. The third-order valence-electron chi connectivity index (χ3n) is 4.00. The number of urea groups is 1. The van der Waals surface area contributed by atoms with Crippen LogP contribution >= 0.6 is 23.4 Å². The Hall–Kier alpha value is -2.06. The van der Waals surface area contributed by atoms with E-state index in [0.717, 1.165) is 37.4 Å². The van der Waals surface area contributed by atoms with Gasteiger partial charge in [-0.25, -0.2) is 4.79 Å². The molecule has 1 saturated carbocycles. The Balaban J connectivity index is 1.45. The standard InChI is InChI=1S/C17H19ClN4O3S/c18-12-6-4-5-11(9-12)15-21-22-17(25-15)26-10-14(23)20-16(24)19-13-7-2-1-3-8-13/h4-6,9,13H,1-3,7-8,10H2,(H2,19,20,23,24). The number of imide groups is 1. The van der Waals surface area contributed by atoms with E-state index >= 15 is 0 Å². The van der Waals surface area contributed by atoms with Crippen LogP contribution in [-0.4, -0.2) is 33.9 Å².